The molecule has 1 saturated heterocycles. The highest BCUT2D eigenvalue weighted by Crippen LogP contribution is 2.34. The predicted molar refractivity (Wildman–Crippen MR) is 97.1 cm³/mol. The summed E-state index contributed by atoms with van der Waals surface area (Å²) < 4.78 is 5.17. The number of likely N-dealkylation sites (tertiary alicyclic amines) is 1. The van der Waals surface area contributed by atoms with Gasteiger partial charge in [0.05, 0.1) is 7.11 Å². The first-order valence-electron chi connectivity index (χ1n) is 8.45. The third-order valence-corrected chi connectivity index (χ3v) is 5.71. The second-order valence-electron chi connectivity index (χ2n) is 7.30. The second kappa shape index (κ2) is 8.09. The summed E-state index contributed by atoms with van der Waals surface area (Å²) in [5.74, 6) is 2.79. The molecule has 0 N–H and O–H groups in total. The van der Waals surface area contributed by atoms with Crippen molar-refractivity contribution in [1.29, 1.82) is 0 Å². The third kappa shape index (κ3) is 5.45. The summed E-state index contributed by atoms with van der Waals surface area (Å²) in [4.78, 5) is 15.6. The number of nitrogens with zero attached hydrogens (tertiary/aromatic N) is 1. The van der Waals surface area contributed by atoms with Gasteiger partial charge < -0.3 is 9.64 Å². The minimum Gasteiger partial charge on any atom is -0.497 e. The first-order chi connectivity index (χ1) is 10.9. The van der Waals surface area contributed by atoms with Gasteiger partial charge in [0.2, 0.25) is 5.91 Å². The quantitative estimate of drug-likeness (QED) is 0.744. The average Bonchev–Trinajstić information content (AvgIpc) is 2.70. The highest BCUT2D eigenvalue weighted by atomic mass is 32.2. The minimum atomic E-state index is 0.300. The molecule has 0 radical (unpaired) electrons. The number of benzene rings is 1. The van der Waals surface area contributed by atoms with Crippen molar-refractivity contribution in [2.75, 3.05) is 26.0 Å². The molecule has 1 heterocycles. The van der Waals surface area contributed by atoms with Crippen LogP contribution in [0.1, 0.15) is 40.0 Å². The van der Waals surface area contributed by atoms with Gasteiger partial charge in [-0.1, -0.05) is 20.8 Å². The fourth-order valence-electron chi connectivity index (χ4n) is 3.08. The van der Waals surface area contributed by atoms with Crippen molar-refractivity contribution in [2.45, 2.75) is 44.9 Å². The maximum Gasteiger partial charge on any atom is 0.222 e. The Balaban J connectivity index is 1.81. The summed E-state index contributed by atoms with van der Waals surface area (Å²) in [6.45, 7) is 8.61. The molecule has 1 amide bonds. The van der Waals surface area contributed by atoms with Crippen LogP contribution in [0.25, 0.3) is 0 Å². The van der Waals surface area contributed by atoms with E-state index in [0.717, 1.165) is 37.4 Å². The lowest BCUT2D eigenvalue weighted by Crippen LogP contribution is -2.32. The van der Waals surface area contributed by atoms with Gasteiger partial charge in [-0.2, -0.15) is 0 Å². The zero-order chi connectivity index (χ0) is 16.9. The topological polar surface area (TPSA) is 29.5 Å². The van der Waals surface area contributed by atoms with E-state index in [-0.39, 0.29) is 0 Å². The maximum atomic E-state index is 12.3. The van der Waals surface area contributed by atoms with Crippen LogP contribution in [0.15, 0.2) is 29.2 Å². The lowest BCUT2D eigenvalue weighted by Gasteiger charge is -2.29. The summed E-state index contributed by atoms with van der Waals surface area (Å²) in [7, 11) is 1.68. The molecule has 1 atom stereocenters. The summed E-state index contributed by atoms with van der Waals surface area (Å²) >= 11 is 1.80. The molecule has 0 aliphatic carbocycles. The van der Waals surface area contributed by atoms with E-state index >= 15 is 0 Å². The SMILES string of the molecule is COc1ccc(SCCN2CCC(C(C)(C)C)CCC2=O)cc1. The maximum absolute atomic E-state index is 12.3. The summed E-state index contributed by atoms with van der Waals surface area (Å²) in [6.07, 6.45) is 2.86. The van der Waals surface area contributed by atoms with Crippen LogP contribution in [0, 0.1) is 11.3 Å². The molecule has 0 saturated carbocycles. The molecule has 23 heavy (non-hydrogen) atoms. The fraction of sp³-hybridized carbons (Fsp3) is 0.632. The third-order valence-electron chi connectivity index (χ3n) is 4.72. The minimum absolute atomic E-state index is 0.300. The van der Waals surface area contributed by atoms with Gasteiger partial charge in [-0.25, -0.2) is 0 Å². The van der Waals surface area contributed by atoms with Crippen LogP contribution in [-0.2, 0) is 4.79 Å². The highest BCUT2D eigenvalue weighted by Gasteiger charge is 2.29. The van der Waals surface area contributed by atoms with Crippen LogP contribution in [0.5, 0.6) is 5.75 Å². The summed E-state index contributed by atoms with van der Waals surface area (Å²) in [5.41, 5.74) is 0.300. The number of thioether (sulfide) groups is 1. The van der Waals surface area contributed by atoms with Crippen molar-refractivity contribution < 1.29 is 9.53 Å². The molecule has 128 valence electrons. The standard InChI is InChI=1S/C19H29NO2S/c1-19(2,3)15-5-10-18(21)20(12-11-15)13-14-23-17-8-6-16(22-4)7-9-17/h6-9,15H,5,10-14H2,1-4H3. The lowest BCUT2D eigenvalue weighted by atomic mass is 9.77. The highest BCUT2D eigenvalue weighted by molar-refractivity contribution is 7.99. The Bertz CT molecular complexity index is 507. The van der Waals surface area contributed by atoms with Crippen molar-refractivity contribution in [3.63, 3.8) is 0 Å². The number of rotatable bonds is 5. The molecular formula is C19H29NO2S. The van der Waals surface area contributed by atoms with Crippen molar-refractivity contribution in [1.82, 2.24) is 4.90 Å². The van der Waals surface area contributed by atoms with E-state index in [9.17, 15) is 4.79 Å². The summed E-state index contributed by atoms with van der Waals surface area (Å²) in [5, 5.41) is 0. The zero-order valence-corrected chi connectivity index (χ0v) is 15.6. The second-order valence-corrected chi connectivity index (χ2v) is 8.46. The van der Waals surface area contributed by atoms with Crippen molar-refractivity contribution in [3.8, 4) is 5.75 Å². The van der Waals surface area contributed by atoms with Gasteiger partial charge in [0, 0.05) is 30.2 Å². The molecule has 3 nitrogen and oxygen atoms in total. The van der Waals surface area contributed by atoms with Gasteiger partial charge in [0.1, 0.15) is 5.75 Å². The van der Waals surface area contributed by atoms with Crippen LogP contribution >= 0.6 is 11.8 Å². The molecule has 0 bridgehead atoms. The Morgan fingerprint density at radius 2 is 1.91 bits per heavy atom. The van der Waals surface area contributed by atoms with E-state index in [4.69, 9.17) is 4.74 Å². The molecule has 2 rings (SSSR count). The first-order valence-corrected chi connectivity index (χ1v) is 9.43. The van der Waals surface area contributed by atoms with Gasteiger partial charge in [0.15, 0.2) is 0 Å². The van der Waals surface area contributed by atoms with E-state index in [1.54, 1.807) is 18.9 Å². The van der Waals surface area contributed by atoms with E-state index in [1.807, 2.05) is 12.1 Å². The molecule has 1 aromatic carbocycles. The van der Waals surface area contributed by atoms with Crippen LogP contribution in [-0.4, -0.2) is 36.8 Å². The summed E-state index contributed by atoms with van der Waals surface area (Å²) in [6, 6.07) is 8.10. The average molecular weight is 336 g/mol. The first kappa shape index (κ1) is 18.2. The smallest absolute Gasteiger partial charge is 0.222 e. The fourth-order valence-corrected chi connectivity index (χ4v) is 3.96. The number of hydrogen-bond donors (Lipinski definition) is 0. The largest absolute Gasteiger partial charge is 0.497 e. The Kier molecular flexibility index (Phi) is 6.40. The number of amides is 1. The molecule has 1 unspecified atom stereocenters. The Morgan fingerprint density at radius 3 is 2.52 bits per heavy atom. The number of ether oxygens (including phenoxy) is 1. The van der Waals surface area contributed by atoms with Gasteiger partial charge in [-0.3, -0.25) is 4.79 Å². The predicted octanol–water partition coefficient (Wildman–Crippen LogP) is 4.46. The van der Waals surface area contributed by atoms with Crippen LogP contribution in [0.3, 0.4) is 0 Å². The van der Waals surface area contributed by atoms with E-state index < -0.39 is 0 Å². The van der Waals surface area contributed by atoms with E-state index in [0.29, 0.717) is 23.7 Å². The van der Waals surface area contributed by atoms with Gasteiger partial charge >= 0.3 is 0 Å². The van der Waals surface area contributed by atoms with Crippen molar-refractivity contribution in [3.05, 3.63) is 24.3 Å². The molecule has 1 aliphatic heterocycles. The van der Waals surface area contributed by atoms with Gasteiger partial charge in [-0.15, -0.1) is 11.8 Å². The number of methoxy groups -OCH3 is 1. The van der Waals surface area contributed by atoms with Crippen LogP contribution in [0.2, 0.25) is 0 Å². The normalized spacial score (nSPS) is 19.6. The molecule has 0 spiro atoms. The van der Waals surface area contributed by atoms with Crippen molar-refractivity contribution in [2.24, 2.45) is 11.3 Å². The van der Waals surface area contributed by atoms with E-state index in [1.165, 1.54) is 4.90 Å². The van der Waals surface area contributed by atoms with Gasteiger partial charge in [-0.05, 0) is 48.4 Å². The Hall–Kier alpha value is -1.16. The molecular weight excluding hydrogens is 306 g/mol. The molecule has 4 heteroatoms. The Labute approximate surface area is 144 Å². The monoisotopic (exact) mass is 335 g/mol. The zero-order valence-electron chi connectivity index (χ0n) is 14.8. The van der Waals surface area contributed by atoms with Gasteiger partial charge in [0.25, 0.3) is 0 Å². The number of hydrogen-bond acceptors (Lipinski definition) is 3. The molecule has 0 aromatic heterocycles. The van der Waals surface area contributed by atoms with Crippen molar-refractivity contribution >= 4 is 17.7 Å². The number of carbonyl (C=O) groups excluding carboxylic acids is 1. The van der Waals surface area contributed by atoms with E-state index in [2.05, 4.69) is 37.8 Å². The molecule has 1 aromatic rings. The lowest BCUT2D eigenvalue weighted by molar-refractivity contribution is -0.130. The molecule has 1 aliphatic rings. The Morgan fingerprint density at radius 1 is 1.22 bits per heavy atom. The molecule has 1 fully saturated rings. The van der Waals surface area contributed by atoms with Crippen LogP contribution < -0.4 is 4.74 Å². The van der Waals surface area contributed by atoms with Crippen LogP contribution in [0.4, 0.5) is 0 Å². The number of carbonyl (C=O) groups is 1.